The Hall–Kier alpha value is -1.88. The zero-order chi connectivity index (χ0) is 12.1. The van der Waals surface area contributed by atoms with E-state index in [4.69, 9.17) is 0 Å². The van der Waals surface area contributed by atoms with Crippen molar-refractivity contribution >= 4 is 23.3 Å². The molecule has 2 rings (SSSR count). The average Bonchev–Trinajstić information content (AvgIpc) is 2.98. The van der Waals surface area contributed by atoms with E-state index in [0.29, 0.717) is 6.54 Å². The van der Waals surface area contributed by atoms with E-state index in [1.165, 1.54) is 0 Å². The monoisotopic (exact) mass is 247 g/mol. The van der Waals surface area contributed by atoms with Crippen LogP contribution in [0, 0.1) is 0 Å². The second-order valence-corrected chi connectivity index (χ2v) is 4.56. The molecule has 0 aliphatic carbocycles. The second-order valence-electron chi connectivity index (χ2n) is 3.58. The number of nitrogens with zero attached hydrogens (tertiary/aromatic N) is 2. The van der Waals surface area contributed by atoms with Crippen molar-refractivity contribution in [1.82, 2.24) is 14.9 Å². The Morgan fingerprint density at radius 2 is 2.53 bits per heavy atom. The molecule has 88 valence electrons. The van der Waals surface area contributed by atoms with Gasteiger partial charge < -0.3 is 9.88 Å². The molecule has 4 nitrogen and oxygen atoms in total. The smallest absolute Gasteiger partial charge is 0.246 e. The van der Waals surface area contributed by atoms with Gasteiger partial charge in [-0.1, -0.05) is 6.07 Å². The lowest BCUT2D eigenvalue weighted by molar-refractivity contribution is -0.125. The van der Waals surface area contributed by atoms with Gasteiger partial charge in [-0.3, -0.25) is 4.79 Å². The van der Waals surface area contributed by atoms with Crippen molar-refractivity contribution in [3.05, 3.63) is 46.7 Å². The van der Waals surface area contributed by atoms with Crippen LogP contribution in [0.3, 0.4) is 0 Å². The lowest BCUT2D eigenvalue weighted by Crippen LogP contribution is -2.24. The first-order valence-electron chi connectivity index (χ1n) is 5.20. The number of thiophene rings is 1. The number of carbonyl (C=O) groups is 1. The Morgan fingerprint density at radius 1 is 1.65 bits per heavy atom. The molecular weight excluding hydrogens is 234 g/mol. The first-order valence-corrected chi connectivity index (χ1v) is 6.08. The van der Waals surface area contributed by atoms with Crippen molar-refractivity contribution < 1.29 is 4.79 Å². The molecule has 1 N–H and O–H groups in total. The lowest BCUT2D eigenvalue weighted by atomic mass is 10.4. The molecule has 0 atom stereocenters. The van der Waals surface area contributed by atoms with Crippen LogP contribution in [0.15, 0.2) is 36.0 Å². The molecule has 0 saturated heterocycles. The number of hydrogen-bond donors (Lipinski definition) is 1. The molecule has 2 heterocycles. The molecule has 2 aromatic rings. The largest absolute Gasteiger partial charge is 0.347 e. The number of nitrogens with one attached hydrogen (secondary N) is 1. The van der Waals surface area contributed by atoms with E-state index in [0.717, 1.165) is 10.7 Å². The lowest BCUT2D eigenvalue weighted by Gasteiger charge is -2.12. The van der Waals surface area contributed by atoms with Crippen molar-refractivity contribution in [2.75, 3.05) is 7.05 Å². The molecular formula is C12H13N3OS. The predicted molar refractivity (Wildman–Crippen MR) is 68.4 cm³/mol. The van der Waals surface area contributed by atoms with E-state index in [-0.39, 0.29) is 5.91 Å². The number of rotatable bonds is 4. The summed E-state index contributed by atoms with van der Waals surface area (Å²) in [5.74, 6) is 0.750. The summed E-state index contributed by atoms with van der Waals surface area (Å²) in [5, 5.41) is 1.98. The molecule has 0 radical (unpaired) electrons. The molecule has 0 aromatic carbocycles. The summed E-state index contributed by atoms with van der Waals surface area (Å²) < 4.78 is 0. The van der Waals surface area contributed by atoms with Crippen LogP contribution in [0.25, 0.3) is 6.08 Å². The number of H-pyrrole nitrogens is 1. The number of hydrogen-bond acceptors (Lipinski definition) is 3. The van der Waals surface area contributed by atoms with Crippen molar-refractivity contribution in [2.24, 2.45) is 0 Å². The van der Waals surface area contributed by atoms with Gasteiger partial charge in [0.05, 0.1) is 6.54 Å². The van der Waals surface area contributed by atoms with Crippen LogP contribution in [0.4, 0.5) is 0 Å². The fraction of sp³-hybridized carbons (Fsp3) is 0.167. The van der Waals surface area contributed by atoms with Gasteiger partial charge in [0, 0.05) is 30.4 Å². The van der Waals surface area contributed by atoms with Crippen LogP contribution in [-0.4, -0.2) is 27.8 Å². The molecule has 1 amide bonds. The number of aromatic amines is 1. The van der Waals surface area contributed by atoms with Gasteiger partial charge in [0.2, 0.25) is 5.91 Å². The van der Waals surface area contributed by atoms with E-state index in [9.17, 15) is 4.79 Å². The van der Waals surface area contributed by atoms with Crippen LogP contribution < -0.4 is 0 Å². The van der Waals surface area contributed by atoms with Gasteiger partial charge in [0.15, 0.2) is 0 Å². The van der Waals surface area contributed by atoms with Gasteiger partial charge in [-0.15, -0.1) is 11.3 Å². The van der Waals surface area contributed by atoms with E-state index < -0.39 is 0 Å². The van der Waals surface area contributed by atoms with Gasteiger partial charge in [0.25, 0.3) is 0 Å². The summed E-state index contributed by atoms with van der Waals surface area (Å²) in [6.45, 7) is 0.487. The van der Waals surface area contributed by atoms with Gasteiger partial charge in [-0.2, -0.15) is 0 Å². The first kappa shape index (κ1) is 11.6. The fourth-order valence-electron chi connectivity index (χ4n) is 1.35. The molecule has 2 aromatic heterocycles. The predicted octanol–water partition coefficient (Wildman–Crippen LogP) is 2.14. The Balaban J connectivity index is 1.91. The summed E-state index contributed by atoms with van der Waals surface area (Å²) in [4.78, 5) is 21.5. The Bertz CT molecular complexity index is 488. The quantitative estimate of drug-likeness (QED) is 0.841. The normalized spacial score (nSPS) is 10.9. The minimum atomic E-state index is -0.0326. The van der Waals surface area contributed by atoms with E-state index >= 15 is 0 Å². The number of carbonyl (C=O) groups excluding carboxylic acids is 1. The maximum absolute atomic E-state index is 11.8. The third-order valence-corrected chi connectivity index (χ3v) is 3.09. The first-order chi connectivity index (χ1) is 8.25. The molecule has 0 aliphatic heterocycles. The summed E-state index contributed by atoms with van der Waals surface area (Å²) >= 11 is 1.61. The number of amides is 1. The molecule has 17 heavy (non-hydrogen) atoms. The number of aromatic nitrogens is 2. The van der Waals surface area contributed by atoms with Gasteiger partial charge in [0.1, 0.15) is 5.82 Å². The highest BCUT2D eigenvalue weighted by molar-refractivity contribution is 7.10. The minimum Gasteiger partial charge on any atom is -0.347 e. The maximum atomic E-state index is 11.8. The molecule has 0 fully saturated rings. The van der Waals surface area contributed by atoms with Crippen molar-refractivity contribution in [2.45, 2.75) is 6.54 Å². The maximum Gasteiger partial charge on any atom is 0.246 e. The highest BCUT2D eigenvalue weighted by atomic mass is 32.1. The number of likely N-dealkylation sites (N-methyl/N-ethyl adjacent to an activating group) is 1. The zero-order valence-electron chi connectivity index (χ0n) is 9.46. The third kappa shape index (κ3) is 3.29. The summed E-state index contributed by atoms with van der Waals surface area (Å²) in [5.41, 5.74) is 0. The topological polar surface area (TPSA) is 49.0 Å². The van der Waals surface area contributed by atoms with Crippen molar-refractivity contribution in [3.8, 4) is 0 Å². The summed E-state index contributed by atoms with van der Waals surface area (Å²) in [7, 11) is 1.75. The van der Waals surface area contributed by atoms with Gasteiger partial charge >= 0.3 is 0 Å². The molecule has 0 aliphatic rings. The molecule has 5 heteroatoms. The standard InChI is InChI=1S/C12H13N3OS/c1-15(9-11-13-6-7-14-11)12(16)5-4-10-3-2-8-17-10/h2-8H,9H2,1H3,(H,13,14). The zero-order valence-corrected chi connectivity index (χ0v) is 10.3. The molecule has 0 spiro atoms. The Labute approximate surface area is 104 Å². The van der Waals surface area contributed by atoms with E-state index in [1.54, 1.807) is 41.8 Å². The molecule has 0 saturated carbocycles. The van der Waals surface area contributed by atoms with Gasteiger partial charge in [-0.05, 0) is 17.5 Å². The van der Waals surface area contributed by atoms with Crippen LogP contribution in [-0.2, 0) is 11.3 Å². The van der Waals surface area contributed by atoms with Crippen LogP contribution in [0.5, 0.6) is 0 Å². The molecule has 0 unspecified atom stereocenters. The van der Waals surface area contributed by atoms with Crippen LogP contribution in [0.1, 0.15) is 10.7 Å². The van der Waals surface area contributed by atoms with Crippen molar-refractivity contribution in [3.63, 3.8) is 0 Å². The highest BCUT2D eigenvalue weighted by Gasteiger charge is 2.06. The average molecular weight is 247 g/mol. The number of imidazole rings is 1. The summed E-state index contributed by atoms with van der Waals surface area (Å²) in [6.07, 6.45) is 6.82. The highest BCUT2D eigenvalue weighted by Crippen LogP contribution is 2.10. The van der Waals surface area contributed by atoms with E-state index in [2.05, 4.69) is 9.97 Å². The Kier molecular flexibility index (Phi) is 3.72. The minimum absolute atomic E-state index is 0.0326. The second kappa shape index (κ2) is 5.45. The van der Waals surface area contributed by atoms with E-state index in [1.807, 2.05) is 23.6 Å². The SMILES string of the molecule is CN(Cc1ncc[nH]1)C(=O)C=Cc1cccs1. The third-order valence-electron chi connectivity index (χ3n) is 2.25. The van der Waals surface area contributed by atoms with Gasteiger partial charge in [-0.25, -0.2) is 4.98 Å². The Morgan fingerprint density at radius 3 is 3.18 bits per heavy atom. The van der Waals surface area contributed by atoms with Crippen LogP contribution in [0.2, 0.25) is 0 Å². The van der Waals surface area contributed by atoms with Crippen LogP contribution >= 0.6 is 11.3 Å². The van der Waals surface area contributed by atoms with Crippen molar-refractivity contribution in [1.29, 1.82) is 0 Å². The molecule has 0 bridgehead atoms. The summed E-state index contributed by atoms with van der Waals surface area (Å²) in [6, 6.07) is 3.93. The fourth-order valence-corrected chi connectivity index (χ4v) is 1.97.